The van der Waals surface area contributed by atoms with Crippen LogP contribution < -0.4 is 4.72 Å². The smallest absolute Gasteiger partial charge is 0.263 e. The zero-order chi connectivity index (χ0) is 20.6. The number of hydrogen-bond acceptors (Lipinski definition) is 5. The van der Waals surface area contributed by atoms with Crippen molar-refractivity contribution in [3.63, 3.8) is 0 Å². The van der Waals surface area contributed by atoms with Crippen LogP contribution >= 0.6 is 0 Å². The van der Waals surface area contributed by atoms with Gasteiger partial charge in [0.25, 0.3) is 10.0 Å². The van der Waals surface area contributed by atoms with Crippen LogP contribution in [0.5, 0.6) is 0 Å². The molecule has 2 aromatic rings. The Morgan fingerprint density at radius 3 is 2.38 bits per heavy atom. The zero-order valence-electron chi connectivity index (χ0n) is 16.2. The molecule has 2 unspecified atom stereocenters. The maximum Gasteiger partial charge on any atom is 0.263 e. The summed E-state index contributed by atoms with van der Waals surface area (Å²) < 4.78 is 28.2. The van der Waals surface area contributed by atoms with Crippen molar-refractivity contribution >= 4 is 27.7 Å². The SMILES string of the molecule is Cc1ccc(CN2C(=O)C3CCCCC3C2=O)cc1S(=O)(=O)Nc1ccccn1. The summed E-state index contributed by atoms with van der Waals surface area (Å²) in [4.78, 5) is 30.8. The number of benzene rings is 1. The fraction of sp³-hybridized carbons (Fsp3) is 0.381. The molecule has 2 aliphatic rings. The number of nitrogens with zero attached hydrogens (tertiary/aromatic N) is 2. The largest absolute Gasteiger partial charge is 0.278 e. The van der Waals surface area contributed by atoms with Gasteiger partial charge in [0.15, 0.2) is 0 Å². The van der Waals surface area contributed by atoms with Gasteiger partial charge in [0, 0.05) is 6.20 Å². The Morgan fingerprint density at radius 1 is 1.07 bits per heavy atom. The number of rotatable bonds is 5. The van der Waals surface area contributed by atoms with Gasteiger partial charge < -0.3 is 0 Å². The molecule has 1 aliphatic heterocycles. The lowest BCUT2D eigenvalue weighted by Crippen LogP contribution is -2.30. The molecule has 0 bridgehead atoms. The molecule has 2 fully saturated rings. The van der Waals surface area contributed by atoms with E-state index in [1.807, 2.05) is 0 Å². The van der Waals surface area contributed by atoms with Gasteiger partial charge in [-0.05, 0) is 49.1 Å². The van der Waals surface area contributed by atoms with E-state index in [0.717, 1.165) is 25.7 Å². The zero-order valence-corrected chi connectivity index (χ0v) is 17.0. The van der Waals surface area contributed by atoms with Gasteiger partial charge in [-0.2, -0.15) is 0 Å². The highest BCUT2D eigenvalue weighted by Gasteiger charge is 2.47. The van der Waals surface area contributed by atoms with Gasteiger partial charge in [0.2, 0.25) is 11.8 Å². The molecule has 8 heteroatoms. The fourth-order valence-corrected chi connectivity index (χ4v) is 5.52. The molecule has 1 saturated carbocycles. The highest BCUT2D eigenvalue weighted by atomic mass is 32.2. The summed E-state index contributed by atoms with van der Waals surface area (Å²) in [6, 6.07) is 9.95. The van der Waals surface area contributed by atoms with Crippen LogP contribution in [0.2, 0.25) is 0 Å². The third-order valence-corrected chi connectivity index (χ3v) is 7.22. The van der Waals surface area contributed by atoms with E-state index in [1.165, 1.54) is 17.2 Å². The Bertz CT molecular complexity index is 1030. The molecular weight excluding hydrogens is 390 g/mol. The lowest BCUT2D eigenvalue weighted by atomic mass is 9.81. The van der Waals surface area contributed by atoms with Crippen molar-refractivity contribution in [1.29, 1.82) is 0 Å². The van der Waals surface area contributed by atoms with Crippen LogP contribution in [0.3, 0.4) is 0 Å². The summed E-state index contributed by atoms with van der Waals surface area (Å²) in [6.45, 7) is 1.80. The number of imide groups is 1. The van der Waals surface area contributed by atoms with Gasteiger partial charge in [-0.15, -0.1) is 0 Å². The van der Waals surface area contributed by atoms with Crippen molar-refractivity contribution in [2.75, 3.05) is 4.72 Å². The number of amides is 2. The Balaban J connectivity index is 1.59. The number of carbonyl (C=O) groups excluding carboxylic acids is 2. The van der Waals surface area contributed by atoms with Crippen molar-refractivity contribution in [2.45, 2.75) is 44.0 Å². The fourth-order valence-electron chi connectivity index (χ4n) is 4.22. The summed E-state index contributed by atoms with van der Waals surface area (Å²) in [7, 11) is -3.85. The minimum absolute atomic E-state index is 0.0943. The summed E-state index contributed by atoms with van der Waals surface area (Å²) in [5.74, 6) is -0.453. The minimum atomic E-state index is -3.85. The van der Waals surface area contributed by atoms with E-state index in [-0.39, 0.29) is 40.9 Å². The van der Waals surface area contributed by atoms with E-state index >= 15 is 0 Å². The molecule has 2 heterocycles. The number of anilines is 1. The quantitative estimate of drug-likeness (QED) is 0.761. The van der Waals surface area contributed by atoms with Crippen LogP contribution in [-0.4, -0.2) is 30.1 Å². The first-order chi connectivity index (χ1) is 13.9. The summed E-state index contributed by atoms with van der Waals surface area (Å²) in [5, 5.41) is 0. The van der Waals surface area contributed by atoms with E-state index in [4.69, 9.17) is 0 Å². The molecule has 2 atom stereocenters. The lowest BCUT2D eigenvalue weighted by molar-refractivity contribution is -0.140. The number of aromatic nitrogens is 1. The second-order valence-electron chi connectivity index (χ2n) is 7.68. The number of likely N-dealkylation sites (tertiary alicyclic amines) is 1. The first kappa shape index (κ1) is 19.6. The Morgan fingerprint density at radius 2 is 1.76 bits per heavy atom. The molecule has 1 aliphatic carbocycles. The van der Waals surface area contributed by atoms with Crippen LogP contribution in [-0.2, 0) is 26.2 Å². The van der Waals surface area contributed by atoms with Crippen LogP contribution in [0.4, 0.5) is 5.82 Å². The number of pyridine rings is 1. The number of hydrogen-bond donors (Lipinski definition) is 1. The van der Waals surface area contributed by atoms with Gasteiger partial charge in [0.05, 0.1) is 23.3 Å². The normalized spacial score (nSPS) is 21.9. The van der Waals surface area contributed by atoms with Crippen molar-refractivity contribution in [1.82, 2.24) is 9.88 Å². The second-order valence-corrected chi connectivity index (χ2v) is 9.33. The number of nitrogens with one attached hydrogen (secondary N) is 1. The van der Waals surface area contributed by atoms with E-state index in [2.05, 4.69) is 9.71 Å². The van der Waals surface area contributed by atoms with Crippen molar-refractivity contribution in [3.05, 3.63) is 53.7 Å². The van der Waals surface area contributed by atoms with E-state index < -0.39 is 10.0 Å². The maximum atomic E-state index is 12.8. The molecule has 4 rings (SSSR count). The van der Waals surface area contributed by atoms with E-state index in [9.17, 15) is 18.0 Å². The summed E-state index contributed by atoms with van der Waals surface area (Å²) in [5.41, 5.74) is 1.18. The van der Waals surface area contributed by atoms with Crippen molar-refractivity contribution < 1.29 is 18.0 Å². The van der Waals surface area contributed by atoms with E-state index in [0.29, 0.717) is 11.1 Å². The van der Waals surface area contributed by atoms with Crippen LogP contribution in [0.25, 0.3) is 0 Å². The number of aryl methyl sites for hydroxylation is 1. The number of fused-ring (bicyclic) bond motifs is 1. The van der Waals surface area contributed by atoms with Crippen molar-refractivity contribution in [3.8, 4) is 0 Å². The first-order valence-electron chi connectivity index (χ1n) is 9.75. The lowest BCUT2D eigenvalue weighted by Gasteiger charge is -2.19. The van der Waals surface area contributed by atoms with E-state index in [1.54, 1.807) is 37.3 Å². The highest BCUT2D eigenvalue weighted by molar-refractivity contribution is 7.92. The predicted molar refractivity (Wildman–Crippen MR) is 107 cm³/mol. The summed E-state index contributed by atoms with van der Waals surface area (Å²) in [6.07, 6.45) is 4.96. The summed E-state index contributed by atoms with van der Waals surface area (Å²) >= 11 is 0. The molecule has 29 heavy (non-hydrogen) atoms. The Labute approximate surface area is 170 Å². The number of carbonyl (C=O) groups is 2. The molecule has 2 amide bonds. The standard InChI is InChI=1S/C21H23N3O4S/c1-14-9-10-15(12-18(14)29(27,28)23-19-8-4-5-11-22-19)13-24-20(25)16-6-2-3-7-17(16)21(24)26/h4-5,8-12,16-17H,2-3,6-7,13H2,1H3,(H,22,23). The highest BCUT2D eigenvalue weighted by Crippen LogP contribution is 2.38. The van der Waals surface area contributed by atoms with Crippen molar-refractivity contribution in [2.24, 2.45) is 11.8 Å². The minimum Gasteiger partial charge on any atom is -0.278 e. The average Bonchev–Trinajstić information content (AvgIpc) is 2.95. The Hall–Kier alpha value is -2.74. The van der Waals surface area contributed by atoms with Gasteiger partial charge in [0.1, 0.15) is 5.82 Å². The average molecular weight is 413 g/mol. The third kappa shape index (κ3) is 3.76. The second kappa shape index (κ2) is 7.59. The molecule has 1 aromatic carbocycles. The maximum absolute atomic E-state index is 12.8. The van der Waals surface area contributed by atoms with Gasteiger partial charge in [-0.1, -0.05) is 31.0 Å². The van der Waals surface area contributed by atoms with Gasteiger partial charge in [-0.25, -0.2) is 13.4 Å². The van der Waals surface area contributed by atoms with Crippen LogP contribution in [0.15, 0.2) is 47.5 Å². The van der Waals surface area contributed by atoms with Crippen LogP contribution in [0.1, 0.15) is 36.8 Å². The topological polar surface area (TPSA) is 96.4 Å². The monoisotopic (exact) mass is 413 g/mol. The van der Waals surface area contributed by atoms with Gasteiger partial charge in [-0.3, -0.25) is 19.2 Å². The molecule has 1 aromatic heterocycles. The van der Waals surface area contributed by atoms with Gasteiger partial charge >= 0.3 is 0 Å². The first-order valence-corrected chi connectivity index (χ1v) is 11.2. The molecule has 7 nitrogen and oxygen atoms in total. The molecule has 1 N–H and O–H groups in total. The predicted octanol–water partition coefficient (Wildman–Crippen LogP) is 2.87. The molecule has 152 valence electrons. The third-order valence-electron chi connectivity index (χ3n) is 5.72. The molecule has 0 spiro atoms. The Kier molecular flexibility index (Phi) is 5.12. The number of sulfonamides is 1. The van der Waals surface area contributed by atoms with Crippen LogP contribution in [0, 0.1) is 18.8 Å². The molecular formula is C21H23N3O4S. The molecule has 0 radical (unpaired) electrons. The molecule has 1 saturated heterocycles.